The summed E-state index contributed by atoms with van der Waals surface area (Å²) in [5.41, 5.74) is 0. The van der Waals surface area contributed by atoms with Crippen molar-refractivity contribution in [3.8, 4) is 0 Å². The largest absolute Gasteiger partial charge is 0.356 e. The molecule has 0 aliphatic carbocycles. The highest BCUT2D eigenvalue weighted by atomic mass is 127. The van der Waals surface area contributed by atoms with Gasteiger partial charge in [-0.25, -0.2) is 0 Å². The van der Waals surface area contributed by atoms with Crippen LogP contribution in [0, 0.1) is 5.92 Å². The zero-order chi connectivity index (χ0) is 15.6. The van der Waals surface area contributed by atoms with Crippen LogP contribution >= 0.6 is 24.0 Å². The molecular weight excluding hydrogens is 401 g/mol. The fourth-order valence-corrected chi connectivity index (χ4v) is 3.52. The minimum absolute atomic E-state index is 0. The fourth-order valence-electron chi connectivity index (χ4n) is 3.52. The second-order valence-corrected chi connectivity index (χ2v) is 6.91. The van der Waals surface area contributed by atoms with Crippen molar-refractivity contribution in [3.63, 3.8) is 0 Å². The standard InChI is InChI=1S/C17H35N5.HI/c1-18-17(20-14-16-8-13-21(2)15-16)19-9-7-12-22-10-5-3-4-6-11-22;/h16H,3-15H2,1-2H3,(H2,18,19,20);1H. The van der Waals surface area contributed by atoms with Crippen molar-refractivity contribution in [1.29, 1.82) is 0 Å². The molecule has 0 aromatic heterocycles. The van der Waals surface area contributed by atoms with Gasteiger partial charge in [0.15, 0.2) is 5.96 Å². The van der Waals surface area contributed by atoms with Gasteiger partial charge in [-0.3, -0.25) is 4.99 Å². The van der Waals surface area contributed by atoms with Crippen LogP contribution in [0.25, 0.3) is 0 Å². The molecule has 1 atom stereocenters. The summed E-state index contributed by atoms with van der Waals surface area (Å²) in [5.74, 6) is 1.73. The van der Waals surface area contributed by atoms with Gasteiger partial charge in [0.25, 0.3) is 0 Å². The number of rotatable bonds is 6. The average molecular weight is 437 g/mol. The molecule has 0 bridgehead atoms. The minimum atomic E-state index is 0. The van der Waals surface area contributed by atoms with Crippen molar-refractivity contribution in [2.45, 2.75) is 38.5 Å². The van der Waals surface area contributed by atoms with Crippen LogP contribution in [0.5, 0.6) is 0 Å². The molecule has 0 saturated carbocycles. The molecule has 5 nitrogen and oxygen atoms in total. The number of guanidine groups is 1. The monoisotopic (exact) mass is 437 g/mol. The van der Waals surface area contributed by atoms with E-state index in [9.17, 15) is 0 Å². The highest BCUT2D eigenvalue weighted by Crippen LogP contribution is 2.12. The second kappa shape index (κ2) is 12.3. The molecule has 1 unspecified atom stereocenters. The van der Waals surface area contributed by atoms with Gasteiger partial charge >= 0.3 is 0 Å². The zero-order valence-corrected chi connectivity index (χ0v) is 17.3. The molecule has 2 saturated heterocycles. The van der Waals surface area contributed by atoms with Gasteiger partial charge in [-0.05, 0) is 64.8 Å². The van der Waals surface area contributed by atoms with E-state index >= 15 is 0 Å². The minimum Gasteiger partial charge on any atom is -0.356 e. The summed E-state index contributed by atoms with van der Waals surface area (Å²) >= 11 is 0. The number of halogens is 1. The summed E-state index contributed by atoms with van der Waals surface area (Å²) in [5, 5.41) is 6.94. The van der Waals surface area contributed by atoms with E-state index in [0.717, 1.165) is 25.0 Å². The van der Waals surface area contributed by atoms with Crippen LogP contribution in [-0.2, 0) is 0 Å². The molecule has 2 fully saturated rings. The van der Waals surface area contributed by atoms with E-state index < -0.39 is 0 Å². The molecule has 0 aromatic carbocycles. The van der Waals surface area contributed by atoms with Crippen LogP contribution < -0.4 is 10.6 Å². The maximum Gasteiger partial charge on any atom is 0.190 e. The van der Waals surface area contributed by atoms with E-state index in [4.69, 9.17) is 0 Å². The Balaban J connectivity index is 0.00000264. The van der Waals surface area contributed by atoms with Gasteiger partial charge in [-0.1, -0.05) is 12.8 Å². The summed E-state index contributed by atoms with van der Waals surface area (Å²) in [4.78, 5) is 9.37. The Morgan fingerprint density at radius 2 is 1.83 bits per heavy atom. The highest BCUT2D eigenvalue weighted by molar-refractivity contribution is 14.0. The summed E-state index contributed by atoms with van der Waals surface area (Å²) in [7, 11) is 4.07. The van der Waals surface area contributed by atoms with Crippen molar-refractivity contribution in [3.05, 3.63) is 0 Å². The van der Waals surface area contributed by atoms with Crippen LogP contribution in [0.15, 0.2) is 4.99 Å². The van der Waals surface area contributed by atoms with Gasteiger partial charge < -0.3 is 20.4 Å². The molecule has 2 rings (SSSR count). The maximum atomic E-state index is 4.33. The third-order valence-corrected chi connectivity index (χ3v) is 4.91. The molecule has 2 aliphatic rings. The Morgan fingerprint density at radius 3 is 2.43 bits per heavy atom. The third-order valence-electron chi connectivity index (χ3n) is 4.91. The lowest BCUT2D eigenvalue weighted by molar-refractivity contribution is 0.282. The zero-order valence-electron chi connectivity index (χ0n) is 15.0. The molecule has 136 valence electrons. The molecule has 2 aliphatic heterocycles. The molecule has 23 heavy (non-hydrogen) atoms. The molecule has 0 amide bonds. The lowest BCUT2D eigenvalue weighted by Crippen LogP contribution is -2.41. The maximum absolute atomic E-state index is 4.33. The molecular formula is C17H36IN5. The average Bonchev–Trinajstić information content (AvgIpc) is 2.78. The topological polar surface area (TPSA) is 42.9 Å². The van der Waals surface area contributed by atoms with Gasteiger partial charge in [0.1, 0.15) is 0 Å². The highest BCUT2D eigenvalue weighted by Gasteiger charge is 2.19. The van der Waals surface area contributed by atoms with E-state index in [1.54, 1.807) is 0 Å². The first-order chi connectivity index (χ1) is 10.8. The van der Waals surface area contributed by atoms with E-state index in [1.807, 2.05) is 7.05 Å². The van der Waals surface area contributed by atoms with Crippen LogP contribution in [0.1, 0.15) is 38.5 Å². The Kier molecular flexibility index (Phi) is 11.2. The van der Waals surface area contributed by atoms with Gasteiger partial charge in [-0.15, -0.1) is 24.0 Å². The van der Waals surface area contributed by atoms with E-state index in [0.29, 0.717) is 0 Å². The predicted molar refractivity (Wildman–Crippen MR) is 110 cm³/mol. The normalized spacial score (nSPS) is 24.1. The number of likely N-dealkylation sites (tertiary alicyclic amines) is 2. The number of nitrogens with one attached hydrogen (secondary N) is 2. The van der Waals surface area contributed by atoms with Gasteiger partial charge in [0, 0.05) is 26.7 Å². The molecule has 2 heterocycles. The van der Waals surface area contributed by atoms with Crippen LogP contribution in [-0.4, -0.2) is 75.7 Å². The van der Waals surface area contributed by atoms with E-state index in [1.165, 1.54) is 71.2 Å². The first-order valence-corrected chi connectivity index (χ1v) is 9.13. The van der Waals surface area contributed by atoms with Crippen LogP contribution in [0.3, 0.4) is 0 Å². The Bertz CT molecular complexity index is 329. The SMILES string of the molecule is CN=C(NCCCN1CCCCCC1)NCC1CCN(C)C1.I. The second-order valence-electron chi connectivity index (χ2n) is 6.91. The van der Waals surface area contributed by atoms with Crippen molar-refractivity contribution in [1.82, 2.24) is 20.4 Å². The van der Waals surface area contributed by atoms with Crippen molar-refractivity contribution >= 4 is 29.9 Å². The predicted octanol–water partition coefficient (Wildman–Crippen LogP) is 1.99. The van der Waals surface area contributed by atoms with E-state index in [-0.39, 0.29) is 24.0 Å². The summed E-state index contributed by atoms with van der Waals surface area (Å²) < 4.78 is 0. The smallest absolute Gasteiger partial charge is 0.190 e. The van der Waals surface area contributed by atoms with Crippen LogP contribution in [0.4, 0.5) is 0 Å². The Morgan fingerprint density at radius 1 is 1.09 bits per heavy atom. The first kappa shape index (κ1) is 21.0. The summed E-state index contributed by atoms with van der Waals surface area (Å²) in [6, 6.07) is 0. The third kappa shape index (κ3) is 8.54. The lowest BCUT2D eigenvalue weighted by Gasteiger charge is -2.20. The van der Waals surface area contributed by atoms with Crippen molar-refractivity contribution in [2.75, 3.05) is 59.9 Å². The number of aliphatic imine (C=N–C) groups is 1. The van der Waals surface area contributed by atoms with Crippen LogP contribution in [0.2, 0.25) is 0 Å². The fraction of sp³-hybridized carbons (Fsp3) is 0.941. The number of hydrogen-bond donors (Lipinski definition) is 2. The number of hydrogen-bond acceptors (Lipinski definition) is 3. The molecule has 0 radical (unpaired) electrons. The van der Waals surface area contributed by atoms with E-state index in [2.05, 4.69) is 32.5 Å². The van der Waals surface area contributed by atoms with Gasteiger partial charge in [0.05, 0.1) is 0 Å². The quantitative estimate of drug-likeness (QED) is 0.289. The van der Waals surface area contributed by atoms with Crippen molar-refractivity contribution < 1.29 is 0 Å². The lowest BCUT2D eigenvalue weighted by atomic mass is 10.1. The van der Waals surface area contributed by atoms with Gasteiger partial charge in [-0.2, -0.15) is 0 Å². The van der Waals surface area contributed by atoms with Gasteiger partial charge in [0.2, 0.25) is 0 Å². The summed E-state index contributed by atoms with van der Waals surface area (Å²) in [6.07, 6.45) is 8.10. The number of nitrogens with zero attached hydrogens (tertiary/aromatic N) is 3. The summed E-state index contributed by atoms with van der Waals surface area (Å²) in [6.45, 7) is 8.30. The molecule has 0 spiro atoms. The van der Waals surface area contributed by atoms with Crippen molar-refractivity contribution in [2.24, 2.45) is 10.9 Å². The molecule has 2 N–H and O–H groups in total. The Labute approximate surface area is 159 Å². The molecule has 6 heteroatoms. The molecule has 0 aromatic rings. The first-order valence-electron chi connectivity index (χ1n) is 9.13. The Hall–Kier alpha value is -0.0800.